The van der Waals surface area contributed by atoms with Gasteiger partial charge in [0, 0.05) is 40.0 Å². The SMILES string of the molecule is CC(=O)O/C1=C(\C)[C@@H](O)C[C@H](O)/C(CO)=C\[C@H](OC(C)=O)[C@@H]2C[C@H](OC(C)=O)C(C)=C([C@H]1OC(C)=O)C2(C)C. The molecule has 2 aliphatic carbocycles. The molecule has 6 atom stereocenters. The highest BCUT2D eigenvalue weighted by atomic mass is 16.6. The van der Waals surface area contributed by atoms with Gasteiger partial charge in [-0.2, -0.15) is 0 Å². The minimum absolute atomic E-state index is 0.104. The number of rotatable bonds is 5. The molecule has 39 heavy (non-hydrogen) atoms. The summed E-state index contributed by atoms with van der Waals surface area (Å²) in [5.74, 6) is -3.43. The Labute approximate surface area is 228 Å². The van der Waals surface area contributed by atoms with E-state index in [1.54, 1.807) is 6.92 Å². The molecule has 0 amide bonds. The summed E-state index contributed by atoms with van der Waals surface area (Å²) in [5, 5.41) is 32.1. The Kier molecular flexibility index (Phi) is 10.6. The third kappa shape index (κ3) is 7.55. The Morgan fingerprint density at radius 2 is 1.41 bits per heavy atom. The molecule has 11 nitrogen and oxygen atoms in total. The number of aliphatic hydroxyl groups is 3. The molecule has 0 fully saturated rings. The van der Waals surface area contributed by atoms with E-state index in [1.807, 2.05) is 13.8 Å². The highest BCUT2D eigenvalue weighted by Gasteiger charge is 2.51. The number of carbonyl (C=O) groups is 4. The summed E-state index contributed by atoms with van der Waals surface area (Å²) >= 11 is 0. The lowest BCUT2D eigenvalue weighted by Gasteiger charge is -2.48. The van der Waals surface area contributed by atoms with Crippen LogP contribution in [-0.4, -0.2) is 76.3 Å². The van der Waals surface area contributed by atoms with E-state index >= 15 is 0 Å². The molecule has 0 unspecified atom stereocenters. The van der Waals surface area contributed by atoms with Crippen molar-refractivity contribution in [1.82, 2.24) is 0 Å². The van der Waals surface area contributed by atoms with Crippen LogP contribution >= 0.6 is 0 Å². The van der Waals surface area contributed by atoms with Gasteiger partial charge in [-0.3, -0.25) is 19.2 Å². The molecule has 0 aromatic carbocycles. The second-order valence-corrected chi connectivity index (χ2v) is 10.6. The predicted molar refractivity (Wildman–Crippen MR) is 138 cm³/mol. The maximum atomic E-state index is 12.4. The van der Waals surface area contributed by atoms with Crippen molar-refractivity contribution < 1.29 is 53.4 Å². The van der Waals surface area contributed by atoms with Gasteiger partial charge < -0.3 is 34.3 Å². The highest BCUT2D eigenvalue weighted by Crippen LogP contribution is 2.51. The molecule has 3 N–H and O–H groups in total. The lowest BCUT2D eigenvalue weighted by molar-refractivity contribution is -0.156. The van der Waals surface area contributed by atoms with Crippen LogP contribution in [0.2, 0.25) is 0 Å². The third-order valence-electron chi connectivity index (χ3n) is 7.37. The monoisotopic (exact) mass is 552 g/mol. The topological polar surface area (TPSA) is 166 Å². The maximum absolute atomic E-state index is 12.4. The molecule has 0 radical (unpaired) electrons. The van der Waals surface area contributed by atoms with Gasteiger partial charge in [-0.1, -0.05) is 13.8 Å². The molecule has 11 heteroatoms. The number of hydrogen-bond acceptors (Lipinski definition) is 11. The Morgan fingerprint density at radius 3 is 1.90 bits per heavy atom. The van der Waals surface area contributed by atoms with Crippen LogP contribution in [0, 0.1) is 11.3 Å². The first kappa shape index (κ1) is 32.2. The van der Waals surface area contributed by atoms with Crippen molar-refractivity contribution in [2.45, 2.75) is 98.8 Å². The summed E-state index contributed by atoms with van der Waals surface area (Å²) in [4.78, 5) is 48.9. The minimum Gasteiger partial charge on any atom is -0.458 e. The van der Waals surface area contributed by atoms with Gasteiger partial charge in [0.05, 0.1) is 18.8 Å². The van der Waals surface area contributed by atoms with E-state index in [-0.39, 0.29) is 29.7 Å². The number of hydrogen-bond donors (Lipinski definition) is 3. The van der Waals surface area contributed by atoms with Gasteiger partial charge in [0.25, 0.3) is 0 Å². The number of fused-ring (bicyclic) bond motifs is 2. The van der Waals surface area contributed by atoms with Gasteiger partial charge in [0.15, 0.2) is 11.9 Å². The third-order valence-corrected chi connectivity index (χ3v) is 7.37. The van der Waals surface area contributed by atoms with Crippen molar-refractivity contribution >= 4 is 23.9 Å². The Balaban J connectivity index is 3.05. The fourth-order valence-electron chi connectivity index (χ4n) is 5.52. The molecule has 0 aromatic heterocycles. The standard InChI is InChI=1S/C28H40O11/c1-13-21(34)11-22(35)19(12-29)9-24(37-16(4)31)20-10-23(36-15(3)30)14(2)25(28(20,7)8)27(39-18(6)33)26(13)38-17(5)32/h9,20-24,27,29,34-35H,10-12H2,1-8H3/b19-9-,26-13+/t20-,21-,22-,23-,24-,27+/m0/s1. The number of aliphatic hydroxyl groups excluding tert-OH is 3. The van der Waals surface area contributed by atoms with E-state index < -0.39 is 72.3 Å². The first-order valence-electron chi connectivity index (χ1n) is 12.8. The summed E-state index contributed by atoms with van der Waals surface area (Å²) in [5.41, 5.74) is 0.215. The van der Waals surface area contributed by atoms with Crippen molar-refractivity contribution in [2.24, 2.45) is 11.3 Å². The molecular formula is C28H40O11. The zero-order valence-electron chi connectivity index (χ0n) is 23.8. The molecule has 2 bridgehead atoms. The van der Waals surface area contributed by atoms with Gasteiger partial charge in [0.2, 0.25) is 0 Å². The van der Waals surface area contributed by atoms with Crippen molar-refractivity contribution in [1.29, 1.82) is 0 Å². The Bertz CT molecular complexity index is 1080. The zero-order valence-corrected chi connectivity index (χ0v) is 23.8. The summed E-state index contributed by atoms with van der Waals surface area (Å²) in [7, 11) is 0. The molecule has 2 rings (SSSR count). The summed E-state index contributed by atoms with van der Waals surface area (Å²) < 4.78 is 22.6. The zero-order chi connectivity index (χ0) is 29.8. The fourth-order valence-corrected chi connectivity index (χ4v) is 5.52. The predicted octanol–water partition coefficient (Wildman–Crippen LogP) is 2.03. The van der Waals surface area contributed by atoms with Crippen LogP contribution in [0.15, 0.2) is 34.1 Å². The van der Waals surface area contributed by atoms with Crippen LogP contribution in [0.5, 0.6) is 0 Å². The fraction of sp³-hybridized carbons (Fsp3) is 0.643. The van der Waals surface area contributed by atoms with Crippen LogP contribution in [0.25, 0.3) is 0 Å². The van der Waals surface area contributed by atoms with Crippen LogP contribution in [-0.2, 0) is 38.1 Å². The molecule has 0 spiro atoms. The molecule has 0 saturated carbocycles. The van der Waals surface area contributed by atoms with E-state index in [4.69, 9.17) is 18.9 Å². The van der Waals surface area contributed by atoms with E-state index in [1.165, 1.54) is 33.8 Å². The van der Waals surface area contributed by atoms with Crippen molar-refractivity contribution in [3.05, 3.63) is 34.1 Å². The Hall–Kier alpha value is -3.02. The van der Waals surface area contributed by atoms with Gasteiger partial charge in [-0.15, -0.1) is 0 Å². The van der Waals surface area contributed by atoms with Gasteiger partial charge >= 0.3 is 23.9 Å². The number of ether oxygens (including phenoxy) is 4. The summed E-state index contributed by atoms with van der Waals surface area (Å²) in [6.45, 7) is 11.0. The highest BCUT2D eigenvalue weighted by molar-refractivity contribution is 5.70. The number of carbonyl (C=O) groups excluding carboxylic acids is 4. The Morgan fingerprint density at radius 1 is 0.846 bits per heavy atom. The average Bonchev–Trinajstić information content (AvgIpc) is 2.79. The molecule has 2 aliphatic rings. The van der Waals surface area contributed by atoms with Crippen molar-refractivity contribution in [2.75, 3.05) is 6.61 Å². The second kappa shape index (κ2) is 12.9. The quantitative estimate of drug-likeness (QED) is 0.259. The lowest BCUT2D eigenvalue weighted by Crippen LogP contribution is -2.49. The number of esters is 4. The molecule has 218 valence electrons. The lowest BCUT2D eigenvalue weighted by atomic mass is 9.60. The smallest absolute Gasteiger partial charge is 0.307 e. The first-order chi connectivity index (χ1) is 18.0. The van der Waals surface area contributed by atoms with E-state index in [2.05, 4.69) is 0 Å². The maximum Gasteiger partial charge on any atom is 0.307 e. The van der Waals surface area contributed by atoms with Crippen LogP contribution in [0.3, 0.4) is 0 Å². The van der Waals surface area contributed by atoms with E-state index in [0.29, 0.717) is 11.1 Å². The second-order valence-electron chi connectivity index (χ2n) is 10.6. The van der Waals surface area contributed by atoms with E-state index in [9.17, 15) is 34.5 Å². The first-order valence-corrected chi connectivity index (χ1v) is 12.8. The molecular weight excluding hydrogens is 512 g/mol. The van der Waals surface area contributed by atoms with E-state index in [0.717, 1.165) is 6.92 Å². The average molecular weight is 553 g/mol. The van der Waals surface area contributed by atoms with Crippen LogP contribution in [0.1, 0.15) is 68.2 Å². The van der Waals surface area contributed by atoms with Crippen LogP contribution < -0.4 is 0 Å². The van der Waals surface area contributed by atoms with Crippen LogP contribution in [0.4, 0.5) is 0 Å². The summed E-state index contributed by atoms with van der Waals surface area (Å²) in [6.07, 6.45) is -4.61. The normalized spacial score (nSPS) is 32.5. The molecule has 0 aromatic rings. The van der Waals surface area contributed by atoms with Gasteiger partial charge in [-0.05, 0) is 54.1 Å². The van der Waals surface area contributed by atoms with Gasteiger partial charge in [-0.25, -0.2) is 0 Å². The van der Waals surface area contributed by atoms with Gasteiger partial charge in [0.1, 0.15) is 12.2 Å². The van der Waals surface area contributed by atoms with Crippen molar-refractivity contribution in [3.63, 3.8) is 0 Å². The largest absolute Gasteiger partial charge is 0.458 e. The molecule has 0 aliphatic heterocycles. The summed E-state index contributed by atoms with van der Waals surface area (Å²) in [6, 6.07) is 0. The van der Waals surface area contributed by atoms with Crippen molar-refractivity contribution in [3.8, 4) is 0 Å². The molecule has 0 heterocycles. The minimum atomic E-state index is -1.39. The molecule has 0 saturated heterocycles.